The molecular formula is C16H30N2O. The molecule has 0 bridgehead atoms. The zero-order valence-electron chi connectivity index (χ0n) is 12.8. The van der Waals surface area contributed by atoms with Gasteiger partial charge >= 0.3 is 0 Å². The van der Waals surface area contributed by atoms with Crippen molar-refractivity contribution in [3.63, 3.8) is 0 Å². The van der Waals surface area contributed by atoms with E-state index in [9.17, 15) is 4.79 Å². The maximum Gasteiger partial charge on any atom is 0.224 e. The first-order valence-corrected chi connectivity index (χ1v) is 8.09. The molecule has 0 aromatic carbocycles. The molecule has 1 amide bonds. The van der Waals surface area contributed by atoms with Crippen LogP contribution in [-0.2, 0) is 4.79 Å². The number of nitrogens with one attached hydrogen (secondary N) is 1. The fraction of sp³-hybridized carbons (Fsp3) is 0.938. The average Bonchev–Trinajstić information content (AvgIpc) is 2.41. The Hall–Kier alpha value is -0.570. The van der Waals surface area contributed by atoms with Crippen molar-refractivity contribution in [2.75, 3.05) is 19.6 Å². The van der Waals surface area contributed by atoms with Crippen molar-refractivity contribution in [3.8, 4) is 0 Å². The number of hydrogen-bond donors (Lipinski definition) is 1. The number of carbonyl (C=O) groups is 1. The van der Waals surface area contributed by atoms with Crippen LogP contribution >= 0.6 is 0 Å². The quantitative estimate of drug-likeness (QED) is 0.852. The monoisotopic (exact) mass is 266 g/mol. The molecule has 2 saturated heterocycles. The average molecular weight is 266 g/mol. The maximum absolute atomic E-state index is 12.4. The Kier molecular flexibility index (Phi) is 5.26. The molecule has 0 aliphatic carbocycles. The standard InChI is InChI=1S/C16H30N2O/c1-12(2)14-6-9-18(10-7-14)16(19)11-15-13(3)5-4-8-17-15/h12-15,17H,4-11H2,1-3H3. The molecule has 2 aliphatic heterocycles. The first-order valence-electron chi connectivity index (χ1n) is 8.09. The second kappa shape index (κ2) is 6.74. The summed E-state index contributed by atoms with van der Waals surface area (Å²) in [7, 11) is 0. The third-order valence-electron chi connectivity index (χ3n) is 5.16. The number of hydrogen-bond acceptors (Lipinski definition) is 2. The van der Waals surface area contributed by atoms with E-state index in [0.717, 1.165) is 31.5 Å². The van der Waals surface area contributed by atoms with Crippen LogP contribution in [-0.4, -0.2) is 36.5 Å². The summed E-state index contributed by atoms with van der Waals surface area (Å²) < 4.78 is 0. The van der Waals surface area contributed by atoms with Crippen molar-refractivity contribution in [2.24, 2.45) is 17.8 Å². The highest BCUT2D eigenvalue weighted by molar-refractivity contribution is 5.77. The molecule has 2 rings (SSSR count). The van der Waals surface area contributed by atoms with E-state index < -0.39 is 0 Å². The third kappa shape index (κ3) is 3.95. The third-order valence-corrected chi connectivity index (χ3v) is 5.16. The topological polar surface area (TPSA) is 32.3 Å². The molecule has 2 unspecified atom stereocenters. The first kappa shape index (κ1) is 14.8. The zero-order chi connectivity index (χ0) is 13.8. The Balaban J connectivity index is 1.78. The summed E-state index contributed by atoms with van der Waals surface area (Å²) in [6.45, 7) is 9.91. The van der Waals surface area contributed by atoms with Crippen molar-refractivity contribution in [1.82, 2.24) is 10.2 Å². The molecular weight excluding hydrogens is 236 g/mol. The minimum absolute atomic E-state index is 0.369. The lowest BCUT2D eigenvalue weighted by Gasteiger charge is -2.36. The van der Waals surface area contributed by atoms with E-state index in [4.69, 9.17) is 0 Å². The summed E-state index contributed by atoms with van der Waals surface area (Å²) in [6.07, 6.45) is 5.60. The van der Waals surface area contributed by atoms with Gasteiger partial charge in [-0.15, -0.1) is 0 Å². The minimum Gasteiger partial charge on any atom is -0.343 e. The molecule has 2 atom stereocenters. The smallest absolute Gasteiger partial charge is 0.224 e. The summed E-state index contributed by atoms with van der Waals surface area (Å²) in [6, 6.07) is 0.407. The molecule has 3 heteroatoms. The van der Waals surface area contributed by atoms with Crippen LogP contribution in [0, 0.1) is 17.8 Å². The second-order valence-corrected chi connectivity index (χ2v) is 6.85. The summed E-state index contributed by atoms with van der Waals surface area (Å²) in [5, 5.41) is 3.52. The van der Waals surface area contributed by atoms with E-state index >= 15 is 0 Å². The molecule has 110 valence electrons. The van der Waals surface area contributed by atoms with Crippen LogP contribution in [0.2, 0.25) is 0 Å². The fourth-order valence-corrected chi connectivity index (χ4v) is 3.52. The molecule has 0 radical (unpaired) electrons. The van der Waals surface area contributed by atoms with Gasteiger partial charge in [0.05, 0.1) is 0 Å². The van der Waals surface area contributed by atoms with Gasteiger partial charge in [-0.3, -0.25) is 4.79 Å². The van der Waals surface area contributed by atoms with E-state index in [-0.39, 0.29) is 0 Å². The van der Waals surface area contributed by atoms with E-state index in [2.05, 4.69) is 31.0 Å². The fourth-order valence-electron chi connectivity index (χ4n) is 3.52. The van der Waals surface area contributed by atoms with Gasteiger partial charge < -0.3 is 10.2 Å². The van der Waals surface area contributed by atoms with Gasteiger partial charge in [0.1, 0.15) is 0 Å². The van der Waals surface area contributed by atoms with Crippen molar-refractivity contribution >= 4 is 5.91 Å². The van der Waals surface area contributed by atoms with Crippen LogP contribution in [0.15, 0.2) is 0 Å². The van der Waals surface area contributed by atoms with E-state index in [1.165, 1.54) is 25.7 Å². The van der Waals surface area contributed by atoms with Crippen LogP contribution in [0.5, 0.6) is 0 Å². The highest BCUT2D eigenvalue weighted by atomic mass is 16.2. The number of likely N-dealkylation sites (tertiary alicyclic amines) is 1. The largest absolute Gasteiger partial charge is 0.343 e. The van der Waals surface area contributed by atoms with Crippen LogP contribution < -0.4 is 5.32 Å². The predicted molar refractivity (Wildman–Crippen MR) is 78.9 cm³/mol. The van der Waals surface area contributed by atoms with Crippen molar-refractivity contribution in [1.29, 1.82) is 0 Å². The molecule has 2 fully saturated rings. The number of nitrogens with zero attached hydrogens (tertiary/aromatic N) is 1. The lowest BCUT2D eigenvalue weighted by Crippen LogP contribution is -2.46. The lowest BCUT2D eigenvalue weighted by atomic mass is 9.86. The van der Waals surface area contributed by atoms with Gasteiger partial charge in [-0.1, -0.05) is 20.8 Å². The van der Waals surface area contributed by atoms with Gasteiger partial charge in [-0.25, -0.2) is 0 Å². The molecule has 2 heterocycles. The van der Waals surface area contributed by atoms with Crippen molar-refractivity contribution < 1.29 is 4.79 Å². The first-order chi connectivity index (χ1) is 9.08. The second-order valence-electron chi connectivity index (χ2n) is 6.85. The van der Waals surface area contributed by atoms with Gasteiger partial charge in [0.15, 0.2) is 0 Å². The van der Waals surface area contributed by atoms with Crippen molar-refractivity contribution in [2.45, 2.75) is 58.9 Å². The number of amides is 1. The minimum atomic E-state index is 0.369. The Morgan fingerprint density at radius 3 is 2.53 bits per heavy atom. The summed E-state index contributed by atoms with van der Waals surface area (Å²) >= 11 is 0. The summed E-state index contributed by atoms with van der Waals surface area (Å²) in [5.74, 6) is 2.59. The van der Waals surface area contributed by atoms with Gasteiger partial charge in [-0.2, -0.15) is 0 Å². The number of rotatable bonds is 3. The Morgan fingerprint density at radius 1 is 1.26 bits per heavy atom. The van der Waals surface area contributed by atoms with Crippen molar-refractivity contribution in [3.05, 3.63) is 0 Å². The van der Waals surface area contributed by atoms with Crippen LogP contribution in [0.1, 0.15) is 52.9 Å². The Bertz CT molecular complexity index is 295. The summed E-state index contributed by atoms with van der Waals surface area (Å²) in [5.41, 5.74) is 0. The Morgan fingerprint density at radius 2 is 1.95 bits per heavy atom. The van der Waals surface area contributed by atoms with E-state index in [1.807, 2.05) is 0 Å². The highest BCUT2D eigenvalue weighted by Crippen LogP contribution is 2.25. The lowest BCUT2D eigenvalue weighted by molar-refractivity contribution is -0.133. The van der Waals surface area contributed by atoms with Gasteiger partial charge in [-0.05, 0) is 50.0 Å². The number of piperidine rings is 2. The van der Waals surface area contributed by atoms with Gasteiger partial charge in [0, 0.05) is 25.6 Å². The highest BCUT2D eigenvalue weighted by Gasteiger charge is 2.28. The molecule has 3 nitrogen and oxygen atoms in total. The van der Waals surface area contributed by atoms with E-state index in [0.29, 0.717) is 24.3 Å². The van der Waals surface area contributed by atoms with Crippen LogP contribution in [0.4, 0.5) is 0 Å². The number of carbonyl (C=O) groups excluding carboxylic acids is 1. The zero-order valence-corrected chi connectivity index (χ0v) is 12.8. The molecule has 0 spiro atoms. The summed E-state index contributed by atoms with van der Waals surface area (Å²) in [4.78, 5) is 14.5. The van der Waals surface area contributed by atoms with Crippen LogP contribution in [0.3, 0.4) is 0 Å². The normalized spacial score (nSPS) is 29.8. The van der Waals surface area contributed by atoms with Gasteiger partial charge in [0.25, 0.3) is 0 Å². The molecule has 0 aromatic heterocycles. The predicted octanol–water partition coefficient (Wildman–Crippen LogP) is 2.66. The molecule has 0 saturated carbocycles. The molecule has 2 aliphatic rings. The molecule has 1 N–H and O–H groups in total. The maximum atomic E-state index is 12.4. The van der Waals surface area contributed by atoms with Crippen LogP contribution in [0.25, 0.3) is 0 Å². The Labute approximate surface area is 118 Å². The molecule has 19 heavy (non-hydrogen) atoms. The molecule has 0 aromatic rings. The van der Waals surface area contributed by atoms with E-state index in [1.54, 1.807) is 0 Å². The van der Waals surface area contributed by atoms with Gasteiger partial charge in [0.2, 0.25) is 5.91 Å². The SMILES string of the molecule is CC(C)C1CCN(C(=O)CC2NCCCC2C)CC1.